The van der Waals surface area contributed by atoms with Crippen LogP contribution >= 0.6 is 22.6 Å². The topological polar surface area (TPSA) is 324 Å². The Balaban J connectivity index is 0.000000149. The highest BCUT2D eigenvalue weighted by Crippen LogP contribution is 2.36. The molecule has 4 saturated carbocycles. The number of aromatic nitrogens is 8. The van der Waals surface area contributed by atoms with E-state index in [1.165, 1.54) is 115 Å². The molecule has 4 aromatic heterocycles. The number of amides is 4. The first kappa shape index (κ1) is 96.0. The summed E-state index contributed by atoms with van der Waals surface area (Å²) in [6.45, 7) is 0. The first-order valence-corrected chi connectivity index (χ1v) is 46.4. The van der Waals surface area contributed by atoms with E-state index in [2.05, 4.69) is 68.8 Å². The van der Waals surface area contributed by atoms with Crippen molar-refractivity contribution in [3.8, 4) is 45.0 Å². The standard InChI is InChI=1S/C26H25F5N4O.C26H28F2N4O.C26H29IN4O.C25H28N4O/c27-21-17(22(28)24(30)25(31)23(21)29)12-20(36)35-26-18(11-6-14-4-2-1-3-5-14)34-19(13-33-26)15-7-9-16(32)10-8-15;27-21-12-6-18(14-22(21)28)15-25(33)32-26-23(13-7-17-4-2-1-3-5-17)31-24(16-30-26)19-8-10-20(29)11-9-19;27-21-11-6-19(7-12-21)16-25(32)31-26-23(15-8-18-4-2-1-3-5-18)30-24(17-29-26)20-9-13-22(28)14-10-20;26-21-14-12-19(13-15-21)23-17-27-24(29-25(30)20-9-5-2-6-10-20)22(28-23)16-11-18-7-3-1-4-8-18/h7-10,13-14H,1-6,11-12,32H2,(H,33,35,36);6,8-12,14,16-17H,1-5,7,13,15,29H2,(H,30,32,33);6-7,9-14,17-18H,1-5,8,15-16,28H2,(H,29,31,32);2,5-6,9-10,12-15,17-18H,1,3-4,7-8,11,16,26H2,(H,27,29,30). The number of nitrogens with zero attached hydrogens (tertiary/aromatic N) is 8. The molecular weight excluding hydrogens is 1790 g/mol. The highest BCUT2D eigenvalue weighted by atomic mass is 127. The molecule has 4 amide bonds. The van der Waals surface area contributed by atoms with E-state index in [0.29, 0.717) is 88.1 Å². The average Bonchev–Trinajstić information content (AvgIpc) is 0.789. The average molecular weight is 1900 g/mol. The van der Waals surface area contributed by atoms with Crippen LogP contribution in [-0.2, 0) is 59.3 Å². The molecule has 0 bridgehead atoms. The molecular formula is C103H110F7IN16O4. The first-order chi connectivity index (χ1) is 63.5. The molecule has 0 radical (unpaired) electrons. The van der Waals surface area contributed by atoms with Gasteiger partial charge in [-0.3, -0.25) is 19.2 Å². The molecule has 12 aromatic rings. The van der Waals surface area contributed by atoms with Gasteiger partial charge in [0.15, 0.2) is 58.2 Å². The Morgan fingerprint density at radius 3 is 0.931 bits per heavy atom. The molecule has 0 aliphatic heterocycles. The molecule has 4 fully saturated rings. The van der Waals surface area contributed by atoms with Crippen molar-refractivity contribution in [2.45, 2.75) is 199 Å². The maximum Gasteiger partial charge on any atom is 0.256 e. The van der Waals surface area contributed by atoms with Crippen molar-refractivity contribution >= 4 is 92.2 Å². The van der Waals surface area contributed by atoms with Crippen molar-refractivity contribution in [2.75, 3.05) is 44.2 Å². The molecule has 12 N–H and O–H groups in total. The molecule has 16 rings (SSSR count). The highest BCUT2D eigenvalue weighted by Gasteiger charge is 2.29. The van der Waals surface area contributed by atoms with E-state index < -0.39 is 58.6 Å². The lowest BCUT2D eigenvalue weighted by atomic mass is 9.86. The monoisotopic (exact) mass is 1890 g/mol. The second-order valence-corrected chi connectivity index (χ2v) is 35.5. The minimum absolute atomic E-state index is 0.0698. The molecule has 4 aliphatic rings. The SMILES string of the molecule is Nc1ccc(-c2cnc(NC(=O)Cc3c(F)c(F)c(F)c(F)c3F)c(CCC3CCCCC3)n2)cc1.Nc1ccc(-c2cnc(NC(=O)Cc3ccc(F)c(F)c3)c(CCC3CCCCC3)n2)cc1.Nc1ccc(-c2cnc(NC(=O)Cc3ccc(I)cc3)c(CCC3CCCCC3)n2)cc1.Nc1ccc(-c2cnc(NC(=O)c3ccccc3)c(CCC3CCCCC3)n2)cc1. The number of halogens is 8. The summed E-state index contributed by atoms with van der Waals surface area (Å²) in [5.74, 6) is -9.75. The second kappa shape index (κ2) is 47.8. The Labute approximate surface area is 773 Å². The van der Waals surface area contributed by atoms with Crippen molar-refractivity contribution in [2.24, 2.45) is 23.7 Å². The summed E-state index contributed by atoms with van der Waals surface area (Å²) in [5.41, 5.74) is 36.0. The third kappa shape index (κ3) is 28.5. The van der Waals surface area contributed by atoms with Crippen LogP contribution in [0.5, 0.6) is 0 Å². The molecule has 4 heterocycles. The van der Waals surface area contributed by atoms with E-state index in [0.717, 1.165) is 159 Å². The summed E-state index contributed by atoms with van der Waals surface area (Å²) in [4.78, 5) is 87.8. The van der Waals surface area contributed by atoms with Crippen molar-refractivity contribution in [1.82, 2.24) is 39.9 Å². The smallest absolute Gasteiger partial charge is 0.256 e. The van der Waals surface area contributed by atoms with E-state index in [1.807, 2.05) is 115 Å². The van der Waals surface area contributed by atoms with E-state index in [4.69, 9.17) is 37.9 Å². The van der Waals surface area contributed by atoms with Crippen LogP contribution in [0.3, 0.4) is 0 Å². The van der Waals surface area contributed by atoms with Crippen LogP contribution in [0.25, 0.3) is 45.0 Å². The lowest BCUT2D eigenvalue weighted by Crippen LogP contribution is -2.20. The Bertz CT molecular complexity index is 5800. The van der Waals surface area contributed by atoms with Crippen LogP contribution in [0.4, 0.5) is 76.8 Å². The fourth-order valence-electron chi connectivity index (χ4n) is 17.1. The van der Waals surface area contributed by atoms with Crippen LogP contribution < -0.4 is 44.2 Å². The van der Waals surface area contributed by atoms with Crippen molar-refractivity contribution < 1.29 is 49.9 Å². The largest absolute Gasteiger partial charge is 0.399 e. The zero-order valence-corrected chi connectivity index (χ0v) is 75.4. The summed E-state index contributed by atoms with van der Waals surface area (Å²) in [7, 11) is 0. The van der Waals surface area contributed by atoms with Gasteiger partial charge in [-0.25, -0.2) is 70.6 Å². The number of nitrogen functional groups attached to an aromatic ring is 4. The predicted molar refractivity (Wildman–Crippen MR) is 510 cm³/mol. The van der Waals surface area contributed by atoms with Crippen LogP contribution in [0.15, 0.2) is 195 Å². The second-order valence-electron chi connectivity index (χ2n) is 34.3. The molecule has 20 nitrogen and oxygen atoms in total. The lowest BCUT2D eigenvalue weighted by molar-refractivity contribution is -0.116. The summed E-state index contributed by atoms with van der Waals surface area (Å²) in [5, 5.41) is 11.2. The third-order valence-electron chi connectivity index (χ3n) is 24.6. The molecule has 682 valence electrons. The minimum Gasteiger partial charge on any atom is -0.399 e. The van der Waals surface area contributed by atoms with Gasteiger partial charge in [0.2, 0.25) is 23.5 Å². The van der Waals surface area contributed by atoms with Gasteiger partial charge in [-0.05, 0) is 194 Å². The quantitative estimate of drug-likeness (QED) is 0.00780. The van der Waals surface area contributed by atoms with E-state index in [9.17, 15) is 49.9 Å². The van der Waals surface area contributed by atoms with Gasteiger partial charge in [-0.15, -0.1) is 0 Å². The summed E-state index contributed by atoms with van der Waals surface area (Å²) in [6, 6.07) is 50.4. The molecule has 0 spiro atoms. The van der Waals surface area contributed by atoms with Crippen molar-refractivity contribution in [3.05, 3.63) is 284 Å². The number of anilines is 8. The third-order valence-corrected chi connectivity index (χ3v) is 25.3. The number of nitrogens with one attached hydrogen (secondary N) is 4. The molecule has 4 aliphatic carbocycles. The molecule has 0 unspecified atom stereocenters. The van der Waals surface area contributed by atoms with Crippen molar-refractivity contribution in [3.63, 3.8) is 0 Å². The molecule has 28 heteroatoms. The Morgan fingerprint density at radius 2 is 0.611 bits per heavy atom. The lowest BCUT2D eigenvalue weighted by Gasteiger charge is -2.21. The maximum atomic E-state index is 14.0. The van der Waals surface area contributed by atoms with Gasteiger partial charge in [0.25, 0.3) is 5.91 Å². The van der Waals surface area contributed by atoms with Gasteiger partial charge in [-0.1, -0.05) is 213 Å². The number of benzene rings is 8. The van der Waals surface area contributed by atoms with Crippen molar-refractivity contribution in [1.29, 1.82) is 0 Å². The number of hydrogen-bond donors (Lipinski definition) is 8. The summed E-state index contributed by atoms with van der Waals surface area (Å²) >= 11 is 2.26. The fourth-order valence-corrected chi connectivity index (χ4v) is 17.5. The maximum absolute atomic E-state index is 14.0. The molecule has 131 heavy (non-hydrogen) atoms. The van der Waals surface area contributed by atoms with E-state index in [1.54, 1.807) is 55.0 Å². The van der Waals surface area contributed by atoms with Crippen LogP contribution in [-0.4, -0.2) is 63.5 Å². The highest BCUT2D eigenvalue weighted by molar-refractivity contribution is 14.1. The normalized spacial score (nSPS) is 14.3. The van der Waals surface area contributed by atoms with Gasteiger partial charge in [0, 0.05) is 59.7 Å². The van der Waals surface area contributed by atoms with Gasteiger partial charge >= 0.3 is 0 Å². The minimum atomic E-state index is -2.27. The van der Waals surface area contributed by atoms with Gasteiger partial charge in [0.1, 0.15) is 0 Å². The molecule has 0 saturated heterocycles. The van der Waals surface area contributed by atoms with Gasteiger partial charge in [0.05, 0.1) is 89.6 Å². The Morgan fingerprint density at radius 1 is 0.321 bits per heavy atom. The van der Waals surface area contributed by atoms with E-state index >= 15 is 0 Å². The molecule has 8 aromatic carbocycles. The summed E-state index contributed by atoms with van der Waals surface area (Å²) < 4.78 is 96.3. The number of carbonyl (C=O) groups excluding carboxylic acids is 4. The van der Waals surface area contributed by atoms with Crippen LogP contribution in [0.2, 0.25) is 0 Å². The zero-order valence-electron chi connectivity index (χ0n) is 73.2. The van der Waals surface area contributed by atoms with Gasteiger partial charge < -0.3 is 44.2 Å². The number of nitrogens with two attached hydrogens (primary N) is 4. The number of rotatable bonds is 27. The number of aryl methyl sites for hydroxylation is 4. The first-order valence-electron chi connectivity index (χ1n) is 45.3. The fraction of sp³-hybridized carbons (Fsp3) is 0.340. The van der Waals surface area contributed by atoms with Crippen LogP contribution in [0, 0.1) is 68.0 Å². The van der Waals surface area contributed by atoms with Gasteiger partial charge in [-0.2, -0.15) is 0 Å². The molecule has 0 atom stereocenters. The Kier molecular flexibility index (Phi) is 35.0. The predicted octanol–water partition coefficient (Wildman–Crippen LogP) is 23.3. The zero-order chi connectivity index (χ0) is 92.1. The van der Waals surface area contributed by atoms with E-state index in [-0.39, 0.29) is 30.0 Å². The number of carbonyl (C=O) groups is 4. The van der Waals surface area contributed by atoms with Crippen LogP contribution in [0.1, 0.15) is 204 Å². The number of hydrogen-bond acceptors (Lipinski definition) is 16. The Hall–Kier alpha value is -12.6. The summed E-state index contributed by atoms with van der Waals surface area (Å²) in [6.07, 6.45) is 37.7.